The number of halogens is 8. The molecule has 1 heterocycles. The summed E-state index contributed by atoms with van der Waals surface area (Å²) in [5.41, 5.74) is -0.731. The van der Waals surface area contributed by atoms with Crippen LogP contribution in [0.5, 0.6) is 0 Å². The average Bonchev–Trinajstić information content (AvgIpc) is 2.73. The van der Waals surface area contributed by atoms with E-state index in [0.717, 1.165) is 30.3 Å². The molecule has 0 atom stereocenters. The lowest BCUT2D eigenvalue weighted by molar-refractivity contribution is -0.120. The van der Waals surface area contributed by atoms with Gasteiger partial charge in [-0.1, -0.05) is 23.2 Å². The van der Waals surface area contributed by atoms with Crippen molar-refractivity contribution in [2.24, 2.45) is 0 Å². The molecule has 0 radical (unpaired) electrons. The maximum Gasteiger partial charge on any atom is 0.319 e. The van der Waals surface area contributed by atoms with Crippen molar-refractivity contribution in [2.75, 3.05) is 31.1 Å². The van der Waals surface area contributed by atoms with Gasteiger partial charge in [-0.2, -0.15) is 8.78 Å². The highest BCUT2D eigenvalue weighted by molar-refractivity contribution is 6.39. The molecule has 1 fully saturated rings. The second-order valence-electron chi connectivity index (χ2n) is 7.87. The zero-order chi connectivity index (χ0) is 25.0. The lowest BCUT2D eigenvalue weighted by Gasteiger charge is -2.31. The van der Waals surface area contributed by atoms with Crippen LogP contribution in [-0.4, -0.2) is 49.5 Å². The second-order valence-corrected chi connectivity index (χ2v) is 8.68. The Hall–Kier alpha value is -2.17. The first-order valence-corrected chi connectivity index (χ1v) is 11.1. The van der Waals surface area contributed by atoms with Gasteiger partial charge in [-0.15, -0.1) is 0 Å². The van der Waals surface area contributed by atoms with Gasteiger partial charge in [-0.25, -0.2) is 17.6 Å². The fraction of sp³-hybridized carbons (Fsp3) is 0.409. The van der Waals surface area contributed by atoms with Crippen LogP contribution in [0.25, 0.3) is 0 Å². The summed E-state index contributed by atoms with van der Waals surface area (Å²) in [5.74, 6) is -4.85. The van der Waals surface area contributed by atoms with Crippen molar-refractivity contribution in [1.29, 1.82) is 0 Å². The van der Waals surface area contributed by atoms with Crippen LogP contribution in [0.1, 0.15) is 18.4 Å². The molecule has 4 nitrogen and oxygen atoms in total. The third-order valence-electron chi connectivity index (χ3n) is 5.41. The molecule has 0 bridgehead atoms. The van der Waals surface area contributed by atoms with E-state index in [4.69, 9.17) is 23.2 Å². The third kappa shape index (κ3) is 6.70. The minimum absolute atomic E-state index is 0.160. The Bertz CT molecular complexity index is 1010. The van der Waals surface area contributed by atoms with E-state index in [1.165, 1.54) is 0 Å². The monoisotopic (exact) mass is 527 g/mol. The summed E-state index contributed by atoms with van der Waals surface area (Å²) in [7, 11) is 0. The van der Waals surface area contributed by atoms with E-state index in [1.54, 1.807) is 4.90 Å². The zero-order valence-corrected chi connectivity index (χ0v) is 19.3. The molecule has 1 amide bonds. The van der Waals surface area contributed by atoms with E-state index in [2.05, 4.69) is 5.32 Å². The fourth-order valence-corrected chi connectivity index (χ4v) is 4.29. The molecule has 3 rings (SSSR count). The predicted molar refractivity (Wildman–Crippen MR) is 118 cm³/mol. The van der Waals surface area contributed by atoms with E-state index < -0.39 is 36.4 Å². The van der Waals surface area contributed by atoms with E-state index in [-0.39, 0.29) is 59.5 Å². The summed E-state index contributed by atoms with van der Waals surface area (Å²) >= 11 is 11.9. The molecular formula is C22H21Cl2F6N3O. The van der Waals surface area contributed by atoms with Crippen molar-refractivity contribution in [3.05, 3.63) is 57.6 Å². The normalized spacial score (nSPS) is 16.0. The number of hydrogen-bond donors (Lipinski definition) is 1. The van der Waals surface area contributed by atoms with Crippen molar-refractivity contribution >= 4 is 40.5 Å². The molecule has 186 valence electrons. The third-order valence-corrected chi connectivity index (χ3v) is 5.99. The van der Waals surface area contributed by atoms with Crippen molar-refractivity contribution in [1.82, 2.24) is 10.2 Å². The number of hydrogen-bond acceptors (Lipinski definition) is 3. The van der Waals surface area contributed by atoms with E-state index in [9.17, 15) is 31.1 Å². The van der Waals surface area contributed by atoms with E-state index in [0.29, 0.717) is 11.4 Å². The molecule has 12 heteroatoms. The largest absolute Gasteiger partial charge is 0.355 e. The van der Waals surface area contributed by atoms with Crippen LogP contribution in [0.15, 0.2) is 30.3 Å². The van der Waals surface area contributed by atoms with Crippen LogP contribution in [-0.2, 0) is 11.2 Å². The topological polar surface area (TPSA) is 35.6 Å². The molecule has 0 unspecified atom stereocenters. The minimum atomic E-state index is -3.16. The second kappa shape index (κ2) is 11.0. The maximum absolute atomic E-state index is 14.3. The van der Waals surface area contributed by atoms with Gasteiger partial charge in [-0.3, -0.25) is 9.69 Å². The SMILES string of the molecule is O=C(Cc1cc(N(c2c(Cl)cc(F)cc2Cl)C(F)F)ccc1F)NCCN1CCC(F)(F)CC1. The zero-order valence-electron chi connectivity index (χ0n) is 17.7. The number of carbonyl (C=O) groups is 1. The molecule has 34 heavy (non-hydrogen) atoms. The smallest absolute Gasteiger partial charge is 0.319 e. The van der Waals surface area contributed by atoms with Crippen LogP contribution >= 0.6 is 23.2 Å². The standard InChI is InChI=1S/C22H21Cl2F6N3O/c23-16-11-14(25)12-17(24)20(16)33(21(27)28)15-1-2-18(26)13(9-15)10-19(34)31-5-8-32-6-3-22(29,30)4-7-32/h1-2,9,11-12,21H,3-8,10H2,(H,31,34). The van der Waals surface area contributed by atoms with Crippen LogP contribution in [0, 0.1) is 11.6 Å². The Balaban J connectivity index is 1.68. The summed E-state index contributed by atoms with van der Waals surface area (Å²) < 4.78 is 82.0. The number of nitrogens with zero attached hydrogens (tertiary/aromatic N) is 2. The highest BCUT2D eigenvalue weighted by atomic mass is 35.5. The fourth-order valence-electron chi connectivity index (χ4n) is 3.64. The first-order chi connectivity index (χ1) is 16.0. The maximum atomic E-state index is 14.3. The number of alkyl halides is 4. The highest BCUT2D eigenvalue weighted by Crippen LogP contribution is 2.41. The number of amides is 1. The van der Waals surface area contributed by atoms with Crippen LogP contribution in [0.2, 0.25) is 10.0 Å². The highest BCUT2D eigenvalue weighted by Gasteiger charge is 2.33. The van der Waals surface area contributed by atoms with Crippen LogP contribution in [0.4, 0.5) is 37.7 Å². The van der Waals surface area contributed by atoms with Gasteiger partial charge in [0.2, 0.25) is 5.91 Å². The molecule has 0 spiro atoms. The van der Waals surface area contributed by atoms with Gasteiger partial charge in [0.1, 0.15) is 11.6 Å². The Kier molecular flexibility index (Phi) is 8.59. The summed E-state index contributed by atoms with van der Waals surface area (Å²) in [4.78, 5) is 14.5. The molecule has 1 N–H and O–H groups in total. The number of nitrogens with one attached hydrogen (secondary N) is 1. The molecule has 0 saturated carbocycles. The lowest BCUT2D eigenvalue weighted by atomic mass is 10.1. The molecule has 2 aromatic carbocycles. The van der Waals surface area contributed by atoms with Gasteiger partial charge in [0.15, 0.2) is 0 Å². The summed E-state index contributed by atoms with van der Waals surface area (Å²) in [6, 6.07) is 4.68. The number of anilines is 2. The van der Waals surface area contributed by atoms with Gasteiger partial charge >= 0.3 is 6.55 Å². The first kappa shape index (κ1) is 26.4. The van der Waals surface area contributed by atoms with Gasteiger partial charge in [-0.05, 0) is 35.9 Å². The van der Waals surface area contributed by atoms with Gasteiger partial charge in [0, 0.05) is 44.7 Å². The molecule has 0 aromatic heterocycles. The Morgan fingerprint density at radius 1 is 1.09 bits per heavy atom. The van der Waals surface area contributed by atoms with Gasteiger partial charge in [0.05, 0.1) is 22.2 Å². The molecule has 2 aromatic rings. The molecule has 1 saturated heterocycles. The quantitative estimate of drug-likeness (QED) is 0.336. The number of carbonyl (C=O) groups excluding carboxylic acids is 1. The van der Waals surface area contributed by atoms with Crippen molar-refractivity contribution in [3.63, 3.8) is 0 Å². The lowest BCUT2D eigenvalue weighted by Crippen LogP contribution is -2.43. The van der Waals surface area contributed by atoms with E-state index in [1.807, 2.05) is 0 Å². The molecule has 1 aliphatic heterocycles. The van der Waals surface area contributed by atoms with Crippen molar-refractivity contribution in [2.45, 2.75) is 31.7 Å². The van der Waals surface area contributed by atoms with Crippen molar-refractivity contribution in [3.8, 4) is 0 Å². The van der Waals surface area contributed by atoms with Crippen LogP contribution in [0.3, 0.4) is 0 Å². The Labute approximate surface area is 202 Å². The number of likely N-dealkylation sites (tertiary alicyclic amines) is 1. The van der Waals surface area contributed by atoms with Gasteiger partial charge in [0.25, 0.3) is 5.92 Å². The summed E-state index contributed by atoms with van der Waals surface area (Å²) in [5, 5.41) is 1.83. The first-order valence-electron chi connectivity index (χ1n) is 10.3. The van der Waals surface area contributed by atoms with Crippen molar-refractivity contribution < 1.29 is 31.1 Å². The van der Waals surface area contributed by atoms with E-state index >= 15 is 0 Å². The molecule has 0 aliphatic carbocycles. The Morgan fingerprint density at radius 2 is 1.71 bits per heavy atom. The minimum Gasteiger partial charge on any atom is -0.355 e. The summed E-state index contributed by atoms with van der Waals surface area (Å²) in [6.07, 6.45) is -0.941. The number of rotatable bonds is 8. The predicted octanol–water partition coefficient (Wildman–Crippen LogP) is 6.02. The van der Waals surface area contributed by atoms with Gasteiger partial charge < -0.3 is 10.2 Å². The average molecular weight is 528 g/mol. The Morgan fingerprint density at radius 3 is 2.29 bits per heavy atom. The molecular weight excluding hydrogens is 507 g/mol. The molecule has 1 aliphatic rings. The summed E-state index contributed by atoms with van der Waals surface area (Å²) in [6.45, 7) is -2.24. The van der Waals surface area contributed by atoms with Crippen LogP contribution < -0.4 is 10.2 Å². The number of benzene rings is 2. The number of piperidine rings is 1.